The van der Waals surface area contributed by atoms with Gasteiger partial charge in [0.05, 0.1) is 6.54 Å². The summed E-state index contributed by atoms with van der Waals surface area (Å²) in [5.74, 6) is -0.177. The summed E-state index contributed by atoms with van der Waals surface area (Å²) in [5, 5.41) is 0. The maximum Gasteiger partial charge on any atom is 0.222 e. The smallest absolute Gasteiger partial charge is 0.222 e. The zero-order valence-corrected chi connectivity index (χ0v) is 12.4. The molecule has 0 aliphatic carbocycles. The Morgan fingerprint density at radius 1 is 1.40 bits per heavy atom. The maximum absolute atomic E-state index is 13.3. The first-order valence-electron chi connectivity index (χ1n) is 6.70. The summed E-state index contributed by atoms with van der Waals surface area (Å²) in [6, 6.07) is 6.21. The molecule has 0 saturated carbocycles. The fraction of sp³-hybridized carbons (Fsp3) is 0.533. The van der Waals surface area contributed by atoms with Crippen LogP contribution in [0.25, 0.3) is 0 Å². The van der Waals surface area contributed by atoms with Crippen molar-refractivity contribution < 1.29 is 13.9 Å². The minimum Gasteiger partial charge on any atom is -0.489 e. The molecule has 0 atom stereocenters. The second-order valence-electron chi connectivity index (χ2n) is 5.58. The number of ether oxygens (including phenoxy) is 1. The number of halogens is 1. The average molecular weight is 282 g/mol. The van der Waals surface area contributed by atoms with Crippen LogP contribution in [0.5, 0.6) is 5.75 Å². The number of rotatable bonds is 7. The van der Waals surface area contributed by atoms with E-state index in [0.717, 1.165) is 0 Å². The van der Waals surface area contributed by atoms with Crippen molar-refractivity contribution >= 4 is 5.91 Å². The Kier molecular flexibility index (Phi) is 5.95. The number of hydrogen-bond donors (Lipinski definition) is 1. The van der Waals surface area contributed by atoms with E-state index in [9.17, 15) is 9.18 Å². The van der Waals surface area contributed by atoms with Gasteiger partial charge >= 0.3 is 0 Å². The van der Waals surface area contributed by atoms with E-state index in [1.54, 1.807) is 30.1 Å². The van der Waals surface area contributed by atoms with Gasteiger partial charge in [0.2, 0.25) is 5.91 Å². The van der Waals surface area contributed by atoms with E-state index < -0.39 is 5.82 Å². The Hall–Kier alpha value is -1.62. The third-order valence-electron chi connectivity index (χ3n) is 2.93. The van der Waals surface area contributed by atoms with Crippen LogP contribution in [0, 0.1) is 5.82 Å². The van der Waals surface area contributed by atoms with Gasteiger partial charge in [-0.15, -0.1) is 0 Å². The van der Waals surface area contributed by atoms with Gasteiger partial charge in [-0.05, 0) is 32.4 Å². The highest BCUT2D eigenvalue weighted by Crippen LogP contribution is 2.15. The summed E-state index contributed by atoms with van der Waals surface area (Å²) in [5.41, 5.74) is 5.49. The molecule has 0 aromatic heterocycles. The zero-order valence-electron chi connectivity index (χ0n) is 12.4. The molecule has 5 heteroatoms. The average Bonchev–Trinajstić information content (AvgIpc) is 2.37. The van der Waals surface area contributed by atoms with E-state index in [1.165, 1.54) is 6.07 Å². The van der Waals surface area contributed by atoms with Gasteiger partial charge in [0.1, 0.15) is 6.61 Å². The predicted octanol–water partition coefficient (Wildman–Crippen LogP) is 2.18. The number of benzene rings is 1. The van der Waals surface area contributed by atoms with Crippen LogP contribution in [-0.2, 0) is 4.79 Å². The van der Waals surface area contributed by atoms with E-state index in [-0.39, 0.29) is 23.8 Å². The Balaban J connectivity index is 2.31. The van der Waals surface area contributed by atoms with Crippen LogP contribution in [0.3, 0.4) is 0 Å². The topological polar surface area (TPSA) is 55.6 Å². The van der Waals surface area contributed by atoms with Gasteiger partial charge in [-0.25, -0.2) is 4.39 Å². The van der Waals surface area contributed by atoms with Gasteiger partial charge < -0.3 is 15.4 Å². The molecule has 2 N–H and O–H groups in total. The lowest BCUT2D eigenvalue weighted by atomic mass is 10.00. The molecular weight excluding hydrogens is 259 g/mol. The van der Waals surface area contributed by atoms with Crippen LogP contribution in [0.15, 0.2) is 24.3 Å². The number of nitrogens with two attached hydrogens (primary N) is 1. The lowest BCUT2D eigenvalue weighted by Crippen LogP contribution is -2.36. The number of amides is 1. The van der Waals surface area contributed by atoms with Crippen molar-refractivity contribution in [3.8, 4) is 5.75 Å². The van der Waals surface area contributed by atoms with Gasteiger partial charge in [0.25, 0.3) is 0 Å². The van der Waals surface area contributed by atoms with Crippen LogP contribution < -0.4 is 10.5 Å². The van der Waals surface area contributed by atoms with Crippen molar-refractivity contribution in [1.29, 1.82) is 0 Å². The van der Waals surface area contributed by atoms with Crippen molar-refractivity contribution in [2.45, 2.75) is 32.2 Å². The summed E-state index contributed by atoms with van der Waals surface area (Å²) in [4.78, 5) is 13.4. The summed E-state index contributed by atoms with van der Waals surface area (Å²) in [6.45, 7) is 4.45. The molecule has 112 valence electrons. The summed E-state index contributed by atoms with van der Waals surface area (Å²) in [7, 11) is 1.70. The molecule has 0 bridgehead atoms. The SMILES string of the molecule is CN(CCOc1ccccc1F)C(=O)CCC(C)(C)N. The van der Waals surface area contributed by atoms with Crippen molar-refractivity contribution in [2.75, 3.05) is 20.2 Å². The van der Waals surface area contributed by atoms with Gasteiger partial charge in [0, 0.05) is 19.0 Å². The summed E-state index contributed by atoms with van der Waals surface area (Å²) < 4.78 is 18.6. The molecule has 1 rings (SSSR count). The van der Waals surface area contributed by atoms with Crippen LogP contribution in [0.4, 0.5) is 4.39 Å². The predicted molar refractivity (Wildman–Crippen MR) is 77.0 cm³/mol. The normalized spacial score (nSPS) is 11.2. The molecule has 1 aromatic carbocycles. The second-order valence-corrected chi connectivity index (χ2v) is 5.58. The molecule has 0 heterocycles. The first kappa shape index (κ1) is 16.4. The van der Waals surface area contributed by atoms with E-state index in [2.05, 4.69) is 0 Å². The zero-order chi connectivity index (χ0) is 15.2. The molecule has 0 fully saturated rings. The lowest BCUT2D eigenvalue weighted by Gasteiger charge is -2.21. The van der Waals surface area contributed by atoms with Crippen molar-refractivity contribution in [3.63, 3.8) is 0 Å². The molecule has 0 saturated heterocycles. The highest BCUT2D eigenvalue weighted by molar-refractivity contribution is 5.75. The van der Waals surface area contributed by atoms with Crippen LogP contribution >= 0.6 is 0 Å². The Morgan fingerprint density at radius 3 is 2.65 bits per heavy atom. The van der Waals surface area contributed by atoms with E-state index in [1.807, 2.05) is 13.8 Å². The molecule has 0 aliphatic rings. The van der Waals surface area contributed by atoms with Crippen LogP contribution in [0.1, 0.15) is 26.7 Å². The largest absolute Gasteiger partial charge is 0.489 e. The summed E-state index contributed by atoms with van der Waals surface area (Å²) >= 11 is 0. The summed E-state index contributed by atoms with van der Waals surface area (Å²) in [6.07, 6.45) is 1.03. The molecule has 1 amide bonds. The van der Waals surface area contributed by atoms with E-state index >= 15 is 0 Å². The number of para-hydroxylation sites is 1. The number of carbonyl (C=O) groups excluding carboxylic acids is 1. The Bertz CT molecular complexity index is 444. The molecule has 0 aliphatic heterocycles. The fourth-order valence-electron chi connectivity index (χ4n) is 1.60. The molecule has 0 radical (unpaired) electrons. The lowest BCUT2D eigenvalue weighted by molar-refractivity contribution is -0.130. The molecule has 20 heavy (non-hydrogen) atoms. The first-order chi connectivity index (χ1) is 9.29. The second kappa shape index (κ2) is 7.24. The molecule has 4 nitrogen and oxygen atoms in total. The van der Waals surface area contributed by atoms with Crippen molar-refractivity contribution in [1.82, 2.24) is 4.90 Å². The van der Waals surface area contributed by atoms with Crippen molar-refractivity contribution in [2.24, 2.45) is 5.73 Å². The monoisotopic (exact) mass is 282 g/mol. The number of nitrogens with zero attached hydrogens (tertiary/aromatic N) is 1. The van der Waals surface area contributed by atoms with E-state index in [0.29, 0.717) is 19.4 Å². The molecule has 0 unspecified atom stereocenters. The van der Waals surface area contributed by atoms with Gasteiger partial charge in [-0.3, -0.25) is 4.79 Å². The quantitative estimate of drug-likeness (QED) is 0.834. The molecule has 0 spiro atoms. The third-order valence-corrected chi connectivity index (χ3v) is 2.93. The molecule has 1 aromatic rings. The minimum atomic E-state index is -0.397. The van der Waals surface area contributed by atoms with Crippen molar-refractivity contribution in [3.05, 3.63) is 30.1 Å². The van der Waals surface area contributed by atoms with E-state index in [4.69, 9.17) is 10.5 Å². The molecular formula is C15H23FN2O2. The number of hydrogen-bond acceptors (Lipinski definition) is 3. The number of carbonyl (C=O) groups is 1. The Labute approximate surface area is 119 Å². The third kappa shape index (κ3) is 6.02. The highest BCUT2D eigenvalue weighted by atomic mass is 19.1. The van der Waals surface area contributed by atoms with Gasteiger partial charge in [-0.2, -0.15) is 0 Å². The highest BCUT2D eigenvalue weighted by Gasteiger charge is 2.15. The maximum atomic E-state index is 13.3. The van der Waals surface area contributed by atoms with Gasteiger partial charge in [-0.1, -0.05) is 12.1 Å². The Morgan fingerprint density at radius 2 is 2.05 bits per heavy atom. The first-order valence-corrected chi connectivity index (χ1v) is 6.70. The fourth-order valence-corrected chi connectivity index (χ4v) is 1.60. The number of likely N-dealkylation sites (N-methyl/N-ethyl adjacent to an activating group) is 1. The minimum absolute atomic E-state index is 0.0145. The van der Waals surface area contributed by atoms with Crippen LogP contribution in [0.2, 0.25) is 0 Å². The van der Waals surface area contributed by atoms with Crippen LogP contribution in [-0.4, -0.2) is 36.5 Å². The van der Waals surface area contributed by atoms with Gasteiger partial charge in [0.15, 0.2) is 11.6 Å². The standard InChI is InChI=1S/C15H23FN2O2/c1-15(2,17)9-8-14(19)18(3)10-11-20-13-7-5-4-6-12(13)16/h4-7H,8-11,17H2,1-3H3.